The van der Waals surface area contributed by atoms with Crippen molar-refractivity contribution in [2.45, 2.75) is 87.6 Å². The van der Waals surface area contributed by atoms with Gasteiger partial charge < -0.3 is 29.0 Å². The van der Waals surface area contributed by atoms with Crippen molar-refractivity contribution in [2.75, 3.05) is 34.0 Å². The van der Waals surface area contributed by atoms with Gasteiger partial charge in [0.05, 0.1) is 30.6 Å². The van der Waals surface area contributed by atoms with Crippen molar-refractivity contribution in [1.29, 1.82) is 0 Å². The molecule has 1 aromatic carbocycles. The zero-order chi connectivity index (χ0) is 26.7. The van der Waals surface area contributed by atoms with E-state index in [4.69, 9.17) is 23.7 Å². The Morgan fingerprint density at radius 1 is 1.11 bits per heavy atom. The van der Waals surface area contributed by atoms with Crippen LogP contribution in [0.3, 0.4) is 0 Å². The molecule has 1 spiro atoms. The summed E-state index contributed by atoms with van der Waals surface area (Å²) < 4.78 is 30.2. The number of carbonyl (C=O) groups is 2. The van der Waals surface area contributed by atoms with Crippen molar-refractivity contribution in [2.24, 2.45) is 0 Å². The van der Waals surface area contributed by atoms with Crippen LogP contribution in [0.5, 0.6) is 11.5 Å². The van der Waals surface area contributed by atoms with Gasteiger partial charge in [0.2, 0.25) is 12.7 Å². The Kier molecular flexibility index (Phi) is 6.14. The summed E-state index contributed by atoms with van der Waals surface area (Å²) in [7, 11) is 3.21. The van der Waals surface area contributed by atoms with E-state index < -0.39 is 23.3 Å². The van der Waals surface area contributed by atoms with Crippen molar-refractivity contribution in [1.82, 2.24) is 10.2 Å². The van der Waals surface area contributed by atoms with Crippen LogP contribution in [-0.4, -0.2) is 73.7 Å². The quantitative estimate of drug-likeness (QED) is 0.585. The number of nitrogens with one attached hydrogen (secondary N) is 1. The summed E-state index contributed by atoms with van der Waals surface area (Å²) in [6.45, 7) is 6.00. The summed E-state index contributed by atoms with van der Waals surface area (Å²) in [5.74, 6) is 1.19. The van der Waals surface area contributed by atoms with Gasteiger partial charge in [-0.2, -0.15) is 0 Å². The van der Waals surface area contributed by atoms with E-state index >= 15 is 0 Å². The van der Waals surface area contributed by atoms with Crippen LogP contribution in [0, 0.1) is 0 Å². The molecule has 4 aliphatic heterocycles. The van der Waals surface area contributed by atoms with Crippen molar-refractivity contribution in [3.8, 4) is 11.5 Å². The van der Waals surface area contributed by atoms with E-state index in [1.165, 1.54) is 5.56 Å². The molecular weight excluding hydrogens is 488 g/mol. The van der Waals surface area contributed by atoms with Gasteiger partial charge in [-0.25, -0.2) is 4.79 Å². The molecular formula is C29H38N2O7. The Morgan fingerprint density at radius 3 is 2.63 bits per heavy atom. The summed E-state index contributed by atoms with van der Waals surface area (Å²) in [5.41, 5.74) is 0.0568. The van der Waals surface area contributed by atoms with E-state index in [1.807, 2.05) is 13.8 Å². The van der Waals surface area contributed by atoms with E-state index in [1.54, 1.807) is 14.2 Å². The van der Waals surface area contributed by atoms with E-state index in [0.717, 1.165) is 62.3 Å². The largest absolute Gasteiger partial charge is 0.497 e. The molecule has 2 fully saturated rings. The first-order chi connectivity index (χ1) is 18.2. The predicted octanol–water partition coefficient (Wildman–Crippen LogP) is 3.20. The predicted molar refractivity (Wildman–Crippen MR) is 138 cm³/mol. The van der Waals surface area contributed by atoms with Crippen LogP contribution in [0.25, 0.3) is 0 Å². The number of rotatable bonds is 5. The summed E-state index contributed by atoms with van der Waals surface area (Å²) >= 11 is 0. The number of nitrogens with zero attached hydrogens (tertiary/aromatic N) is 1. The minimum atomic E-state index is -1.35. The fourth-order valence-corrected chi connectivity index (χ4v) is 7.44. The molecule has 9 heteroatoms. The van der Waals surface area contributed by atoms with Crippen LogP contribution in [0.1, 0.15) is 69.4 Å². The molecule has 9 nitrogen and oxygen atoms in total. The third-order valence-corrected chi connectivity index (χ3v) is 9.13. The SMILES string of the molecule is CNC(=O)CC1(C(=O)OC2C(OC)=CC34CCCN3CCc3cc5c(cc3C24)OCO5)CCCC(C)(C)O1. The topological polar surface area (TPSA) is 95.6 Å². The van der Waals surface area contributed by atoms with Crippen LogP contribution >= 0.6 is 0 Å². The fraction of sp³-hybridized carbons (Fsp3) is 0.655. The highest BCUT2D eigenvalue weighted by Crippen LogP contribution is 2.56. The van der Waals surface area contributed by atoms with Crippen LogP contribution < -0.4 is 14.8 Å². The Bertz CT molecular complexity index is 1180. The van der Waals surface area contributed by atoms with Gasteiger partial charge in [-0.3, -0.25) is 9.69 Å². The Labute approximate surface area is 223 Å². The molecule has 4 heterocycles. The van der Waals surface area contributed by atoms with Gasteiger partial charge >= 0.3 is 5.97 Å². The monoisotopic (exact) mass is 526 g/mol. The van der Waals surface area contributed by atoms with E-state index in [0.29, 0.717) is 12.2 Å². The van der Waals surface area contributed by atoms with Crippen molar-refractivity contribution < 1.29 is 33.3 Å². The highest BCUT2D eigenvalue weighted by Gasteiger charge is 2.59. The maximum Gasteiger partial charge on any atom is 0.339 e. The molecule has 0 saturated carbocycles. The van der Waals surface area contributed by atoms with Crippen molar-refractivity contribution in [3.63, 3.8) is 0 Å². The molecule has 4 atom stereocenters. The highest BCUT2D eigenvalue weighted by atomic mass is 16.7. The smallest absolute Gasteiger partial charge is 0.339 e. The van der Waals surface area contributed by atoms with E-state index in [-0.39, 0.29) is 30.6 Å². The number of benzene rings is 1. The molecule has 4 unspecified atom stereocenters. The van der Waals surface area contributed by atoms with Crippen LogP contribution in [0.4, 0.5) is 0 Å². The molecule has 1 N–H and O–H groups in total. The average molecular weight is 527 g/mol. The van der Waals surface area contributed by atoms with Gasteiger partial charge in [-0.1, -0.05) is 0 Å². The van der Waals surface area contributed by atoms with Crippen LogP contribution in [-0.2, 0) is 30.2 Å². The third-order valence-electron chi connectivity index (χ3n) is 9.13. The van der Waals surface area contributed by atoms with Crippen LogP contribution in [0.2, 0.25) is 0 Å². The van der Waals surface area contributed by atoms with Gasteiger partial charge in [0, 0.05) is 13.6 Å². The second-order valence-corrected chi connectivity index (χ2v) is 11.9. The third kappa shape index (κ3) is 3.97. The lowest BCUT2D eigenvalue weighted by molar-refractivity contribution is -0.214. The normalized spacial score (nSPS) is 32.9. The Balaban J connectivity index is 1.41. The van der Waals surface area contributed by atoms with Gasteiger partial charge in [0.1, 0.15) is 5.76 Å². The van der Waals surface area contributed by atoms with Gasteiger partial charge in [-0.05, 0) is 88.3 Å². The molecule has 38 heavy (non-hydrogen) atoms. The Morgan fingerprint density at radius 2 is 1.89 bits per heavy atom. The zero-order valence-corrected chi connectivity index (χ0v) is 22.8. The first kappa shape index (κ1) is 25.5. The van der Waals surface area contributed by atoms with Crippen molar-refractivity contribution in [3.05, 3.63) is 35.1 Å². The first-order valence-electron chi connectivity index (χ1n) is 13.8. The summed E-state index contributed by atoms with van der Waals surface area (Å²) in [4.78, 5) is 29.3. The second kappa shape index (κ2) is 9.16. The number of methoxy groups -OCH3 is 1. The number of ether oxygens (including phenoxy) is 5. The molecule has 0 radical (unpaired) electrons. The lowest BCUT2D eigenvalue weighted by Crippen LogP contribution is -2.55. The number of carbonyl (C=O) groups excluding carboxylic acids is 2. The number of fused-ring (bicyclic) bond motifs is 3. The molecule has 206 valence electrons. The summed E-state index contributed by atoms with van der Waals surface area (Å²) in [5, 5.41) is 2.66. The second-order valence-electron chi connectivity index (χ2n) is 11.9. The lowest BCUT2D eigenvalue weighted by atomic mass is 9.77. The maximum absolute atomic E-state index is 14.2. The molecule has 5 aliphatic rings. The molecule has 1 aromatic rings. The van der Waals surface area contributed by atoms with E-state index in [9.17, 15) is 9.59 Å². The molecule has 6 rings (SSSR count). The number of amides is 1. The van der Waals surface area contributed by atoms with Gasteiger partial charge in [-0.15, -0.1) is 0 Å². The number of hydrogen-bond donors (Lipinski definition) is 1. The number of esters is 1. The lowest BCUT2D eigenvalue weighted by Gasteiger charge is -2.44. The van der Waals surface area contributed by atoms with Crippen molar-refractivity contribution >= 4 is 11.9 Å². The van der Waals surface area contributed by atoms with Gasteiger partial charge in [0.25, 0.3) is 0 Å². The van der Waals surface area contributed by atoms with Gasteiger partial charge in [0.15, 0.2) is 23.2 Å². The first-order valence-corrected chi connectivity index (χ1v) is 13.8. The maximum atomic E-state index is 14.2. The molecule has 0 bridgehead atoms. The average Bonchev–Trinajstić information content (AvgIpc) is 3.57. The minimum absolute atomic E-state index is 0.0816. The molecule has 1 amide bonds. The highest BCUT2D eigenvalue weighted by molar-refractivity contribution is 5.88. The fourth-order valence-electron chi connectivity index (χ4n) is 7.44. The standard InChI is InChI=1S/C29H38N2O7/c1-27(2)8-5-10-29(38-27,16-23(32)30-3)26(33)37-25-22(34-4)15-28-9-6-11-31(28)12-7-18-13-20-21(36-17-35-20)14-19(18)24(25)28/h13-15,24-25H,5-12,16-17H2,1-4H3,(H,30,32). The summed E-state index contributed by atoms with van der Waals surface area (Å²) in [6.07, 6.45) is 6.33. The zero-order valence-electron chi connectivity index (χ0n) is 22.8. The Hall–Kier alpha value is -2.78. The number of hydrogen-bond acceptors (Lipinski definition) is 8. The molecule has 1 aliphatic carbocycles. The molecule has 2 saturated heterocycles. The minimum Gasteiger partial charge on any atom is -0.497 e. The van der Waals surface area contributed by atoms with Crippen LogP contribution in [0.15, 0.2) is 24.0 Å². The summed E-state index contributed by atoms with van der Waals surface area (Å²) in [6, 6.07) is 4.15. The molecule has 0 aromatic heterocycles. The van der Waals surface area contributed by atoms with E-state index in [2.05, 4.69) is 28.4 Å².